The largest absolute Gasteiger partial charge is 0.324 e. The number of hydrogen-bond acceptors (Lipinski definition) is 5. The van der Waals surface area contributed by atoms with Crippen LogP contribution < -0.4 is 5.32 Å². The van der Waals surface area contributed by atoms with E-state index in [4.69, 9.17) is 9.97 Å². The molecule has 0 aliphatic rings. The highest BCUT2D eigenvalue weighted by atomic mass is 15.2. The van der Waals surface area contributed by atoms with Gasteiger partial charge in [0.05, 0.1) is 6.20 Å². The Morgan fingerprint density at radius 3 is 2.46 bits per heavy atom. The summed E-state index contributed by atoms with van der Waals surface area (Å²) in [6, 6.07) is 12.4. The van der Waals surface area contributed by atoms with Crippen molar-refractivity contribution in [3.63, 3.8) is 0 Å². The molecular weight excluding hydrogens is 348 g/mol. The number of benzene rings is 1. The number of pyridine rings is 1. The number of fused-ring (bicyclic) bond motifs is 1. The van der Waals surface area contributed by atoms with Gasteiger partial charge in [0.25, 0.3) is 0 Å². The summed E-state index contributed by atoms with van der Waals surface area (Å²) in [4.78, 5) is 18.0. The van der Waals surface area contributed by atoms with E-state index in [2.05, 4.69) is 58.0 Å². The van der Waals surface area contributed by atoms with E-state index in [1.165, 1.54) is 18.4 Å². The van der Waals surface area contributed by atoms with Crippen LogP contribution in [0, 0.1) is 0 Å². The monoisotopic (exact) mass is 372 g/mol. The van der Waals surface area contributed by atoms with E-state index >= 15 is 0 Å². The number of unbranched alkanes of at least 4 members (excludes halogenated alkanes) is 1. The predicted octanol–water partition coefficient (Wildman–Crippen LogP) is 4.99. The lowest BCUT2D eigenvalue weighted by Crippen LogP contribution is -2.02. The summed E-state index contributed by atoms with van der Waals surface area (Å²) >= 11 is 0. The third-order valence-corrected chi connectivity index (χ3v) is 4.77. The molecular formula is C22H24N6. The van der Waals surface area contributed by atoms with Crippen LogP contribution in [0.15, 0.2) is 55.0 Å². The van der Waals surface area contributed by atoms with Gasteiger partial charge in [-0.3, -0.25) is 4.98 Å². The molecule has 0 bridgehead atoms. The van der Waals surface area contributed by atoms with Crippen LogP contribution in [0.4, 0.5) is 11.6 Å². The van der Waals surface area contributed by atoms with Crippen LogP contribution in [-0.2, 0) is 13.0 Å². The van der Waals surface area contributed by atoms with Gasteiger partial charge in [0.15, 0.2) is 5.65 Å². The molecule has 1 aromatic carbocycles. The molecule has 4 aromatic rings. The molecule has 0 saturated carbocycles. The molecule has 0 saturated heterocycles. The first-order chi connectivity index (χ1) is 13.8. The number of nitrogens with one attached hydrogen (secondary N) is 1. The van der Waals surface area contributed by atoms with Gasteiger partial charge in [-0.25, -0.2) is 9.97 Å². The summed E-state index contributed by atoms with van der Waals surface area (Å²) in [5.41, 5.74) is 4.97. The van der Waals surface area contributed by atoms with E-state index in [0.29, 0.717) is 5.95 Å². The number of rotatable bonds is 7. The molecule has 0 fully saturated rings. The van der Waals surface area contributed by atoms with Crippen LogP contribution in [0.2, 0.25) is 0 Å². The van der Waals surface area contributed by atoms with Gasteiger partial charge in [-0.1, -0.05) is 25.5 Å². The average molecular weight is 372 g/mol. The maximum Gasteiger partial charge on any atom is 0.229 e. The summed E-state index contributed by atoms with van der Waals surface area (Å²) in [7, 11) is 0. The van der Waals surface area contributed by atoms with Crippen molar-refractivity contribution in [2.24, 2.45) is 0 Å². The maximum absolute atomic E-state index is 4.72. The Morgan fingerprint density at radius 2 is 1.75 bits per heavy atom. The predicted molar refractivity (Wildman–Crippen MR) is 113 cm³/mol. The van der Waals surface area contributed by atoms with Crippen molar-refractivity contribution in [1.29, 1.82) is 0 Å². The lowest BCUT2D eigenvalue weighted by molar-refractivity contribution is 0.786. The van der Waals surface area contributed by atoms with E-state index in [1.54, 1.807) is 18.6 Å². The van der Waals surface area contributed by atoms with Crippen molar-refractivity contribution in [1.82, 2.24) is 24.5 Å². The summed E-state index contributed by atoms with van der Waals surface area (Å²) in [5.74, 6) is 1.45. The Hall–Kier alpha value is -3.28. The zero-order valence-corrected chi connectivity index (χ0v) is 16.3. The van der Waals surface area contributed by atoms with Crippen LogP contribution in [-0.4, -0.2) is 24.5 Å². The zero-order chi connectivity index (χ0) is 19.3. The average Bonchev–Trinajstić information content (AvgIpc) is 3.12. The second-order valence-corrected chi connectivity index (χ2v) is 6.74. The first-order valence-corrected chi connectivity index (χ1v) is 9.78. The van der Waals surface area contributed by atoms with E-state index in [9.17, 15) is 0 Å². The minimum absolute atomic E-state index is 0.574. The molecule has 3 heterocycles. The van der Waals surface area contributed by atoms with Crippen LogP contribution in [0.1, 0.15) is 32.3 Å². The lowest BCUT2D eigenvalue weighted by atomic mass is 10.1. The smallest absolute Gasteiger partial charge is 0.229 e. The Morgan fingerprint density at radius 1 is 0.964 bits per heavy atom. The third kappa shape index (κ3) is 3.71. The van der Waals surface area contributed by atoms with Crippen molar-refractivity contribution in [2.45, 2.75) is 39.7 Å². The Balaban J connectivity index is 1.62. The van der Waals surface area contributed by atoms with Gasteiger partial charge >= 0.3 is 0 Å². The van der Waals surface area contributed by atoms with Crippen molar-refractivity contribution in [2.75, 3.05) is 5.32 Å². The number of aromatic nitrogens is 5. The molecule has 0 spiro atoms. The molecule has 6 nitrogen and oxygen atoms in total. The van der Waals surface area contributed by atoms with Crippen LogP contribution in [0.3, 0.4) is 0 Å². The van der Waals surface area contributed by atoms with Crippen LogP contribution in [0.5, 0.6) is 0 Å². The third-order valence-electron chi connectivity index (χ3n) is 4.77. The van der Waals surface area contributed by atoms with Gasteiger partial charge in [-0.05, 0) is 49.6 Å². The van der Waals surface area contributed by atoms with Crippen molar-refractivity contribution >= 4 is 22.8 Å². The van der Waals surface area contributed by atoms with E-state index in [0.717, 1.165) is 41.2 Å². The fourth-order valence-electron chi connectivity index (χ4n) is 3.26. The summed E-state index contributed by atoms with van der Waals surface area (Å²) in [6.45, 7) is 5.08. The summed E-state index contributed by atoms with van der Waals surface area (Å²) in [5, 5.41) is 3.31. The Kier molecular flexibility index (Phi) is 5.28. The first kappa shape index (κ1) is 18.1. The standard InChI is InChI=1S/C22H24N6/c1-3-5-6-16-7-9-18(10-8-16)25-22-24-15-19-21(27-22)28(4-2)20(26-19)17-11-13-23-14-12-17/h7-15H,3-6H2,1-2H3,(H,24,25,27). The van der Waals surface area contributed by atoms with E-state index in [1.807, 2.05) is 12.1 Å². The molecule has 28 heavy (non-hydrogen) atoms. The Bertz CT molecular complexity index is 1050. The topological polar surface area (TPSA) is 68.5 Å². The Labute approximate surface area is 164 Å². The SMILES string of the molecule is CCCCc1ccc(Nc2ncc3nc(-c4ccncc4)n(CC)c3n2)cc1. The molecule has 1 N–H and O–H groups in total. The van der Waals surface area contributed by atoms with E-state index in [-0.39, 0.29) is 0 Å². The number of nitrogens with zero attached hydrogens (tertiary/aromatic N) is 5. The molecule has 0 unspecified atom stereocenters. The van der Waals surface area contributed by atoms with Gasteiger partial charge in [0.2, 0.25) is 5.95 Å². The number of hydrogen-bond donors (Lipinski definition) is 1. The first-order valence-electron chi connectivity index (χ1n) is 9.78. The zero-order valence-electron chi connectivity index (χ0n) is 16.3. The van der Waals surface area contributed by atoms with Gasteiger partial charge in [0, 0.05) is 30.2 Å². The van der Waals surface area contributed by atoms with Crippen LogP contribution >= 0.6 is 0 Å². The molecule has 6 heteroatoms. The number of anilines is 2. The molecule has 0 atom stereocenters. The highest BCUT2D eigenvalue weighted by Crippen LogP contribution is 2.24. The van der Waals surface area contributed by atoms with Gasteiger partial charge < -0.3 is 9.88 Å². The second-order valence-electron chi connectivity index (χ2n) is 6.74. The maximum atomic E-state index is 4.72. The molecule has 0 aliphatic heterocycles. The lowest BCUT2D eigenvalue weighted by Gasteiger charge is -2.08. The molecule has 0 amide bonds. The minimum Gasteiger partial charge on any atom is -0.324 e. The quantitative estimate of drug-likeness (QED) is 0.495. The highest BCUT2D eigenvalue weighted by Gasteiger charge is 2.14. The van der Waals surface area contributed by atoms with Gasteiger partial charge in [0.1, 0.15) is 11.3 Å². The number of aryl methyl sites for hydroxylation is 2. The van der Waals surface area contributed by atoms with Gasteiger partial charge in [-0.15, -0.1) is 0 Å². The summed E-state index contributed by atoms with van der Waals surface area (Å²) in [6.07, 6.45) is 8.87. The molecule has 4 rings (SSSR count). The van der Waals surface area contributed by atoms with Crippen molar-refractivity contribution < 1.29 is 0 Å². The fourth-order valence-corrected chi connectivity index (χ4v) is 3.26. The van der Waals surface area contributed by atoms with Crippen molar-refractivity contribution in [3.05, 3.63) is 60.6 Å². The normalized spacial score (nSPS) is 11.1. The highest BCUT2D eigenvalue weighted by molar-refractivity contribution is 5.77. The minimum atomic E-state index is 0.574. The molecule has 142 valence electrons. The molecule has 0 aliphatic carbocycles. The molecule has 0 radical (unpaired) electrons. The molecule has 3 aromatic heterocycles. The van der Waals surface area contributed by atoms with Gasteiger partial charge in [-0.2, -0.15) is 4.98 Å². The second kappa shape index (κ2) is 8.17. The van der Waals surface area contributed by atoms with Crippen molar-refractivity contribution in [3.8, 4) is 11.4 Å². The number of imidazole rings is 1. The van der Waals surface area contributed by atoms with Crippen LogP contribution in [0.25, 0.3) is 22.6 Å². The summed E-state index contributed by atoms with van der Waals surface area (Å²) < 4.78 is 2.10. The van der Waals surface area contributed by atoms with E-state index < -0.39 is 0 Å². The fraction of sp³-hybridized carbons (Fsp3) is 0.273.